The molecule has 206 valence electrons. The molecule has 1 aromatic rings. The molecule has 0 radical (unpaired) electrons. The average Bonchev–Trinajstić information content (AvgIpc) is 3.46. The lowest BCUT2D eigenvalue weighted by Gasteiger charge is -2.38. The van der Waals surface area contributed by atoms with Crippen LogP contribution in [0, 0.1) is 11.8 Å². The quantitative estimate of drug-likeness (QED) is 0.307. The number of hydrogen-bond acceptors (Lipinski definition) is 5. The first kappa shape index (κ1) is 28.7. The van der Waals surface area contributed by atoms with Gasteiger partial charge in [0.2, 0.25) is 11.8 Å². The fraction of sp³-hybridized carbons (Fsp3) is 0.552. The highest BCUT2D eigenvalue weighted by Gasteiger charge is 2.77. The molecule has 9 heteroatoms. The number of benzene rings is 1. The van der Waals surface area contributed by atoms with E-state index in [9.17, 15) is 19.5 Å². The van der Waals surface area contributed by atoms with E-state index in [1.165, 1.54) is 0 Å². The van der Waals surface area contributed by atoms with Crippen LogP contribution in [0.2, 0.25) is 5.02 Å². The number of para-hydroxylation sites is 1. The summed E-state index contributed by atoms with van der Waals surface area (Å²) in [5, 5.41) is 9.70. The molecule has 3 saturated heterocycles. The van der Waals surface area contributed by atoms with E-state index in [4.69, 9.17) is 11.6 Å². The molecular weight excluding hydrogens is 522 g/mol. The first-order valence-corrected chi connectivity index (χ1v) is 14.5. The summed E-state index contributed by atoms with van der Waals surface area (Å²) in [7, 11) is 1.74. The van der Waals surface area contributed by atoms with E-state index < -0.39 is 27.4 Å². The van der Waals surface area contributed by atoms with Crippen LogP contribution < -0.4 is 4.90 Å². The van der Waals surface area contributed by atoms with Gasteiger partial charge in [-0.15, -0.1) is 24.9 Å². The van der Waals surface area contributed by atoms with Crippen molar-refractivity contribution in [2.45, 2.75) is 54.6 Å². The SMILES string of the molecule is C=CCN(C)C(=O)[C@H]1[C@H]2C(=O)N(CCCCCO)C(C(=O)N(CC=C)c3ccccc3Cl)C23CC[C@]1(C)S3. The molecule has 7 nitrogen and oxygen atoms in total. The summed E-state index contributed by atoms with van der Waals surface area (Å²) in [6.45, 7) is 10.8. The highest BCUT2D eigenvalue weighted by molar-refractivity contribution is 8.02. The molecular formula is C29H38ClN3O4S. The number of likely N-dealkylation sites (tertiary alicyclic amines) is 1. The molecule has 3 aliphatic heterocycles. The minimum Gasteiger partial charge on any atom is -0.396 e. The number of likely N-dealkylation sites (N-methyl/N-ethyl adjacent to an activating group) is 1. The van der Waals surface area contributed by atoms with Crippen LogP contribution in [-0.4, -0.2) is 81.5 Å². The molecule has 4 rings (SSSR count). The number of carbonyl (C=O) groups is 3. The molecule has 2 bridgehead atoms. The molecule has 1 aromatic carbocycles. The Labute approximate surface area is 234 Å². The fourth-order valence-corrected chi connectivity index (χ4v) is 9.25. The van der Waals surface area contributed by atoms with Gasteiger partial charge < -0.3 is 19.8 Å². The van der Waals surface area contributed by atoms with E-state index in [0.717, 1.165) is 12.8 Å². The van der Waals surface area contributed by atoms with Gasteiger partial charge in [0.25, 0.3) is 5.91 Å². The Kier molecular flexibility index (Phi) is 8.65. The largest absolute Gasteiger partial charge is 0.396 e. The molecule has 3 aliphatic rings. The highest BCUT2D eigenvalue weighted by atomic mass is 35.5. The second-order valence-corrected chi connectivity index (χ2v) is 13.0. The van der Waals surface area contributed by atoms with E-state index in [1.807, 2.05) is 12.1 Å². The number of halogens is 1. The van der Waals surface area contributed by atoms with Crippen LogP contribution >= 0.6 is 23.4 Å². The number of unbranched alkanes of at least 4 members (excludes halogenated alkanes) is 2. The van der Waals surface area contributed by atoms with Gasteiger partial charge in [0.1, 0.15) is 6.04 Å². The predicted octanol–water partition coefficient (Wildman–Crippen LogP) is 4.15. The number of amides is 3. The maximum Gasteiger partial charge on any atom is 0.251 e. The van der Waals surface area contributed by atoms with E-state index in [1.54, 1.807) is 57.8 Å². The summed E-state index contributed by atoms with van der Waals surface area (Å²) in [4.78, 5) is 47.5. The van der Waals surface area contributed by atoms with Gasteiger partial charge in [-0.3, -0.25) is 14.4 Å². The zero-order valence-corrected chi connectivity index (χ0v) is 23.8. The smallest absolute Gasteiger partial charge is 0.251 e. The third-order valence-corrected chi connectivity index (χ3v) is 10.6. The molecule has 0 saturated carbocycles. The number of nitrogens with zero attached hydrogens (tertiary/aromatic N) is 3. The van der Waals surface area contributed by atoms with Gasteiger partial charge in [-0.05, 0) is 51.2 Å². The number of fused-ring (bicyclic) bond motifs is 1. The standard InChI is InChI=1S/C29H38ClN3O4S/c1-5-16-31(4)25(35)22-23-26(36)33(18-10-7-11-19-34)24(29(23)15-14-28(22,3)38-29)27(37)32(17-6-2)21-13-9-8-12-20(21)30/h5-6,8-9,12-13,22-24,34H,1-2,7,10-11,14-19H2,3-4H3/t22-,23+,24?,28+,29?/m1/s1. The van der Waals surface area contributed by atoms with Crippen LogP contribution in [0.3, 0.4) is 0 Å². The molecule has 0 aromatic heterocycles. The molecule has 2 unspecified atom stereocenters. The minimum absolute atomic E-state index is 0.0674. The number of thioether (sulfide) groups is 1. The Hall–Kier alpha value is -2.29. The fourth-order valence-electron chi connectivity index (χ4n) is 6.67. The summed E-state index contributed by atoms with van der Waals surface area (Å²) >= 11 is 8.20. The second-order valence-electron chi connectivity index (χ2n) is 10.7. The molecule has 1 spiro atoms. The monoisotopic (exact) mass is 559 g/mol. The van der Waals surface area contributed by atoms with Gasteiger partial charge in [0.05, 0.1) is 27.3 Å². The van der Waals surface area contributed by atoms with Crippen molar-refractivity contribution in [3.8, 4) is 0 Å². The third-order valence-electron chi connectivity index (χ3n) is 8.33. The molecule has 3 heterocycles. The van der Waals surface area contributed by atoms with Crippen molar-refractivity contribution >= 4 is 46.8 Å². The maximum atomic E-state index is 14.5. The Balaban J connectivity index is 1.78. The number of anilines is 1. The van der Waals surface area contributed by atoms with Gasteiger partial charge in [-0.25, -0.2) is 0 Å². The number of aliphatic hydroxyl groups excluding tert-OH is 1. The number of hydrogen-bond donors (Lipinski definition) is 1. The van der Waals surface area contributed by atoms with Gasteiger partial charge in [-0.1, -0.05) is 35.9 Å². The topological polar surface area (TPSA) is 81.2 Å². The molecule has 3 fully saturated rings. The Morgan fingerprint density at radius 2 is 1.87 bits per heavy atom. The normalized spacial score (nSPS) is 29.3. The van der Waals surface area contributed by atoms with Crippen molar-refractivity contribution in [1.82, 2.24) is 9.80 Å². The van der Waals surface area contributed by atoms with Crippen molar-refractivity contribution in [3.05, 3.63) is 54.6 Å². The summed E-state index contributed by atoms with van der Waals surface area (Å²) in [6.07, 6.45) is 6.85. The summed E-state index contributed by atoms with van der Waals surface area (Å²) in [5.41, 5.74) is 0.577. The van der Waals surface area contributed by atoms with Crippen LogP contribution in [0.25, 0.3) is 0 Å². The van der Waals surface area contributed by atoms with E-state index in [0.29, 0.717) is 43.1 Å². The highest BCUT2D eigenvalue weighted by Crippen LogP contribution is 2.71. The number of carbonyl (C=O) groups excluding carboxylic acids is 3. The molecule has 0 aliphatic carbocycles. The third kappa shape index (κ3) is 4.69. The van der Waals surface area contributed by atoms with Crippen LogP contribution in [0.4, 0.5) is 5.69 Å². The van der Waals surface area contributed by atoms with E-state index in [-0.39, 0.29) is 30.9 Å². The molecule has 5 atom stereocenters. The van der Waals surface area contributed by atoms with Crippen LogP contribution in [-0.2, 0) is 14.4 Å². The average molecular weight is 560 g/mol. The van der Waals surface area contributed by atoms with Crippen molar-refractivity contribution in [1.29, 1.82) is 0 Å². The zero-order chi connectivity index (χ0) is 27.7. The summed E-state index contributed by atoms with van der Waals surface area (Å²) in [6, 6.07) is 6.47. The molecule has 3 amide bonds. The number of rotatable bonds is 12. The van der Waals surface area contributed by atoms with Gasteiger partial charge in [0, 0.05) is 38.0 Å². The molecule has 1 N–H and O–H groups in total. The summed E-state index contributed by atoms with van der Waals surface area (Å²) < 4.78 is -1.13. The van der Waals surface area contributed by atoms with Gasteiger partial charge in [-0.2, -0.15) is 0 Å². The maximum absolute atomic E-state index is 14.5. The Morgan fingerprint density at radius 1 is 1.16 bits per heavy atom. The lowest BCUT2D eigenvalue weighted by molar-refractivity contribution is -0.144. The Morgan fingerprint density at radius 3 is 2.53 bits per heavy atom. The van der Waals surface area contributed by atoms with Crippen LogP contribution in [0.1, 0.15) is 39.0 Å². The van der Waals surface area contributed by atoms with Crippen LogP contribution in [0.5, 0.6) is 0 Å². The summed E-state index contributed by atoms with van der Waals surface area (Å²) in [5.74, 6) is -1.46. The first-order chi connectivity index (χ1) is 18.2. The van der Waals surface area contributed by atoms with Crippen molar-refractivity contribution in [2.24, 2.45) is 11.8 Å². The first-order valence-electron chi connectivity index (χ1n) is 13.3. The van der Waals surface area contributed by atoms with Crippen LogP contribution in [0.15, 0.2) is 49.6 Å². The molecule has 38 heavy (non-hydrogen) atoms. The second kappa shape index (κ2) is 11.4. The zero-order valence-electron chi connectivity index (χ0n) is 22.3. The lowest BCUT2D eigenvalue weighted by Crippen LogP contribution is -2.55. The van der Waals surface area contributed by atoms with Crippen molar-refractivity contribution < 1.29 is 19.5 Å². The Bertz CT molecular complexity index is 1120. The van der Waals surface area contributed by atoms with Crippen molar-refractivity contribution in [2.75, 3.05) is 38.2 Å². The number of aliphatic hydroxyl groups is 1. The predicted molar refractivity (Wildman–Crippen MR) is 153 cm³/mol. The van der Waals surface area contributed by atoms with Gasteiger partial charge in [0.15, 0.2) is 0 Å². The minimum atomic E-state index is -0.723. The van der Waals surface area contributed by atoms with Crippen molar-refractivity contribution in [3.63, 3.8) is 0 Å². The lowest BCUT2D eigenvalue weighted by atomic mass is 9.66. The van der Waals surface area contributed by atoms with E-state index in [2.05, 4.69) is 20.1 Å². The van der Waals surface area contributed by atoms with Gasteiger partial charge >= 0.3 is 0 Å². The van der Waals surface area contributed by atoms with E-state index >= 15 is 0 Å².